The third kappa shape index (κ3) is 3.57. The van der Waals surface area contributed by atoms with Crippen molar-refractivity contribution in [1.29, 1.82) is 0 Å². The van der Waals surface area contributed by atoms with Gasteiger partial charge in [0.15, 0.2) is 0 Å². The van der Waals surface area contributed by atoms with Gasteiger partial charge in [0, 0.05) is 9.11 Å². The van der Waals surface area contributed by atoms with Crippen molar-refractivity contribution in [2.75, 3.05) is 0 Å². The third-order valence-electron chi connectivity index (χ3n) is 3.49. The van der Waals surface area contributed by atoms with Gasteiger partial charge in [-0.1, -0.05) is 35.9 Å². The van der Waals surface area contributed by atoms with Crippen molar-refractivity contribution in [1.82, 2.24) is 0 Å². The summed E-state index contributed by atoms with van der Waals surface area (Å²) in [6.45, 7) is 6.37. The van der Waals surface area contributed by atoms with Crippen molar-refractivity contribution in [3.05, 3.63) is 68.3 Å². The summed E-state index contributed by atoms with van der Waals surface area (Å²) in [5.74, 6) is 0. The minimum atomic E-state index is -0.330. The molecule has 2 heteroatoms. The van der Waals surface area contributed by atoms with Crippen LogP contribution in [-0.2, 0) is 12.0 Å². The Labute approximate surface area is 129 Å². The molecular weight excluding hydrogens is 345 g/mol. The van der Waals surface area contributed by atoms with Crippen LogP contribution >= 0.6 is 22.6 Å². The molecule has 100 valence electrons. The van der Waals surface area contributed by atoms with Gasteiger partial charge in [-0.05, 0) is 78.6 Å². The fourth-order valence-corrected chi connectivity index (χ4v) is 2.83. The third-order valence-corrected chi connectivity index (χ3v) is 4.21. The predicted octanol–water partition coefficient (Wildman–Crippen LogP) is 4.32. The van der Waals surface area contributed by atoms with Gasteiger partial charge in [0.2, 0.25) is 0 Å². The van der Waals surface area contributed by atoms with Gasteiger partial charge in [-0.3, -0.25) is 0 Å². The highest BCUT2D eigenvalue weighted by atomic mass is 127. The second-order valence-electron chi connectivity index (χ2n) is 5.54. The fourth-order valence-electron chi connectivity index (χ4n) is 2.47. The number of aryl methyl sites for hydroxylation is 2. The van der Waals surface area contributed by atoms with E-state index >= 15 is 0 Å². The number of hydrogen-bond acceptors (Lipinski definition) is 1. The first kappa shape index (κ1) is 14.5. The van der Waals surface area contributed by atoms with E-state index in [0.717, 1.165) is 6.42 Å². The second-order valence-corrected chi connectivity index (χ2v) is 6.78. The minimum absolute atomic E-state index is 0.330. The van der Waals surface area contributed by atoms with Crippen molar-refractivity contribution in [3.8, 4) is 0 Å². The molecule has 1 unspecified atom stereocenters. The molecule has 2 N–H and O–H groups in total. The number of halogens is 1. The van der Waals surface area contributed by atoms with E-state index in [1.54, 1.807) is 0 Å². The molecule has 0 spiro atoms. The molecule has 0 aliphatic carbocycles. The molecule has 0 aliphatic rings. The van der Waals surface area contributed by atoms with Crippen LogP contribution in [0.5, 0.6) is 0 Å². The first-order valence-corrected chi connectivity index (χ1v) is 7.57. The van der Waals surface area contributed by atoms with Gasteiger partial charge in [-0.15, -0.1) is 0 Å². The summed E-state index contributed by atoms with van der Waals surface area (Å²) in [4.78, 5) is 0. The van der Waals surface area contributed by atoms with Crippen LogP contribution in [0.1, 0.15) is 29.2 Å². The van der Waals surface area contributed by atoms with Crippen LogP contribution in [0.2, 0.25) is 0 Å². The SMILES string of the molecule is Cc1ccc(C)c(C(C)(N)Cc2ccc(I)cc2)c1. The van der Waals surface area contributed by atoms with Gasteiger partial charge < -0.3 is 5.73 Å². The first-order chi connectivity index (χ1) is 8.88. The Hall–Kier alpha value is -0.870. The highest BCUT2D eigenvalue weighted by Gasteiger charge is 2.23. The molecule has 0 heterocycles. The molecule has 0 fully saturated rings. The van der Waals surface area contributed by atoms with Crippen molar-refractivity contribution < 1.29 is 0 Å². The van der Waals surface area contributed by atoms with Crippen molar-refractivity contribution in [2.24, 2.45) is 5.73 Å². The van der Waals surface area contributed by atoms with Crippen molar-refractivity contribution >= 4 is 22.6 Å². The van der Waals surface area contributed by atoms with E-state index in [0.29, 0.717) is 0 Å². The maximum Gasteiger partial charge on any atom is 0.0424 e. The maximum atomic E-state index is 6.58. The van der Waals surface area contributed by atoms with Gasteiger partial charge in [0.1, 0.15) is 0 Å². The van der Waals surface area contributed by atoms with Crippen molar-refractivity contribution in [2.45, 2.75) is 32.7 Å². The molecule has 0 saturated heterocycles. The largest absolute Gasteiger partial charge is 0.321 e. The zero-order chi connectivity index (χ0) is 14.0. The van der Waals surface area contributed by atoms with E-state index in [4.69, 9.17) is 5.73 Å². The fraction of sp³-hybridized carbons (Fsp3) is 0.294. The summed E-state index contributed by atoms with van der Waals surface area (Å²) in [6.07, 6.45) is 0.855. The van der Waals surface area contributed by atoms with Crippen molar-refractivity contribution in [3.63, 3.8) is 0 Å². The number of nitrogens with two attached hydrogens (primary N) is 1. The monoisotopic (exact) mass is 365 g/mol. The number of benzene rings is 2. The molecule has 2 rings (SSSR count). The van der Waals surface area contributed by atoms with Crippen LogP contribution in [0.4, 0.5) is 0 Å². The average molecular weight is 365 g/mol. The van der Waals surface area contributed by atoms with Crippen LogP contribution < -0.4 is 5.73 Å². The summed E-state index contributed by atoms with van der Waals surface area (Å²) in [7, 11) is 0. The molecule has 0 bridgehead atoms. The van der Waals surface area contributed by atoms with Crippen LogP contribution in [-0.4, -0.2) is 0 Å². The molecule has 1 nitrogen and oxygen atoms in total. The summed E-state index contributed by atoms with van der Waals surface area (Å²) in [6, 6.07) is 15.1. The Morgan fingerprint density at radius 2 is 1.68 bits per heavy atom. The predicted molar refractivity (Wildman–Crippen MR) is 90.3 cm³/mol. The van der Waals surface area contributed by atoms with E-state index in [-0.39, 0.29) is 5.54 Å². The van der Waals surface area contributed by atoms with Gasteiger partial charge in [-0.2, -0.15) is 0 Å². The van der Waals surface area contributed by atoms with Crippen LogP contribution in [0.25, 0.3) is 0 Å². The minimum Gasteiger partial charge on any atom is -0.321 e. The lowest BCUT2D eigenvalue weighted by atomic mass is 9.83. The van der Waals surface area contributed by atoms with E-state index < -0.39 is 0 Å². The Morgan fingerprint density at radius 1 is 1.05 bits per heavy atom. The quantitative estimate of drug-likeness (QED) is 0.806. The molecular formula is C17H20IN. The van der Waals surface area contributed by atoms with E-state index in [1.807, 2.05) is 0 Å². The topological polar surface area (TPSA) is 26.0 Å². The lowest BCUT2D eigenvalue weighted by Gasteiger charge is -2.28. The molecule has 2 aromatic carbocycles. The molecule has 2 aromatic rings. The molecule has 0 aromatic heterocycles. The van der Waals surface area contributed by atoms with Crippen LogP contribution in [0.15, 0.2) is 42.5 Å². The summed E-state index contributed by atoms with van der Waals surface area (Å²) >= 11 is 2.32. The Bertz CT molecular complexity index is 570. The van der Waals surface area contributed by atoms with Crippen LogP contribution in [0.3, 0.4) is 0 Å². The molecule has 19 heavy (non-hydrogen) atoms. The van der Waals surface area contributed by atoms with Crippen LogP contribution in [0, 0.1) is 17.4 Å². The van der Waals surface area contributed by atoms with Gasteiger partial charge in [0.25, 0.3) is 0 Å². The molecule has 0 radical (unpaired) electrons. The molecule has 0 amide bonds. The Kier molecular flexibility index (Phi) is 4.31. The Balaban J connectivity index is 2.31. The van der Waals surface area contributed by atoms with E-state index in [9.17, 15) is 0 Å². The highest BCUT2D eigenvalue weighted by molar-refractivity contribution is 14.1. The molecule has 0 aliphatic heterocycles. The summed E-state index contributed by atoms with van der Waals surface area (Å²) < 4.78 is 1.26. The number of hydrogen-bond donors (Lipinski definition) is 1. The zero-order valence-electron chi connectivity index (χ0n) is 11.7. The van der Waals surface area contributed by atoms with E-state index in [1.165, 1.54) is 25.8 Å². The normalized spacial score (nSPS) is 14.2. The van der Waals surface area contributed by atoms with Gasteiger partial charge in [-0.25, -0.2) is 0 Å². The summed E-state index contributed by atoms with van der Waals surface area (Å²) in [5, 5.41) is 0. The maximum absolute atomic E-state index is 6.58. The highest BCUT2D eigenvalue weighted by Crippen LogP contribution is 2.26. The van der Waals surface area contributed by atoms with E-state index in [2.05, 4.69) is 85.8 Å². The second kappa shape index (κ2) is 5.63. The zero-order valence-corrected chi connectivity index (χ0v) is 13.9. The first-order valence-electron chi connectivity index (χ1n) is 6.49. The van der Waals surface area contributed by atoms with Gasteiger partial charge >= 0.3 is 0 Å². The average Bonchev–Trinajstić information content (AvgIpc) is 2.35. The smallest absolute Gasteiger partial charge is 0.0424 e. The number of rotatable bonds is 3. The standard InChI is InChI=1S/C17H20IN/c1-12-4-5-13(2)16(10-12)17(3,19)11-14-6-8-15(18)9-7-14/h4-10H,11,19H2,1-3H3. The lowest BCUT2D eigenvalue weighted by Crippen LogP contribution is -2.36. The summed E-state index contributed by atoms with van der Waals surface area (Å²) in [5.41, 5.74) is 11.3. The lowest BCUT2D eigenvalue weighted by molar-refractivity contribution is 0.488. The van der Waals surface area contributed by atoms with Gasteiger partial charge in [0.05, 0.1) is 0 Å². The molecule has 0 saturated carbocycles. The Morgan fingerprint density at radius 3 is 2.32 bits per heavy atom. The molecule has 1 atom stereocenters.